The maximum atomic E-state index is 12.7. The van der Waals surface area contributed by atoms with E-state index in [-0.39, 0.29) is 45.8 Å². The molecule has 2 atom stereocenters. The molecule has 0 radical (unpaired) electrons. The molecule has 284 valence electrons. The van der Waals surface area contributed by atoms with E-state index in [2.05, 4.69) is 0 Å². The Morgan fingerprint density at radius 3 is 1.42 bits per heavy atom. The molecular formula is C35H32ClF6N3O8. The number of halogens is 7. The smallest absolute Gasteiger partial charge is 0.398 e. The Balaban J connectivity index is 0.000000304. The lowest BCUT2D eigenvalue weighted by Crippen LogP contribution is -2.20. The highest BCUT2D eigenvalue weighted by atomic mass is 35.5. The highest BCUT2D eigenvalue weighted by molar-refractivity contribution is 6.67. The maximum absolute atomic E-state index is 12.7. The fraction of sp³-hybridized carbons (Fsp3) is 0.257. The molecule has 53 heavy (non-hydrogen) atoms. The number of nitrogens with two attached hydrogens (primary N) is 1. The van der Waals surface area contributed by atoms with Crippen LogP contribution in [0.1, 0.15) is 71.9 Å². The summed E-state index contributed by atoms with van der Waals surface area (Å²) in [5.41, 5.74) is 7.97. The van der Waals surface area contributed by atoms with Crippen molar-refractivity contribution in [2.24, 2.45) is 0 Å². The minimum atomic E-state index is -4.78. The number of aliphatic hydroxyl groups is 2. The molecule has 0 saturated heterocycles. The van der Waals surface area contributed by atoms with Gasteiger partial charge in [0.1, 0.15) is 0 Å². The molecule has 4 N–H and O–H groups in total. The molecule has 2 unspecified atom stereocenters. The summed E-state index contributed by atoms with van der Waals surface area (Å²) in [5, 5.41) is 38.7. The van der Waals surface area contributed by atoms with Crippen LogP contribution in [-0.2, 0) is 6.42 Å². The molecule has 0 heterocycles. The molecule has 0 fully saturated rings. The standard InChI is InChI=1S/C18H16F3NO4.C10H12F3NO.C7H4ClNO3/c1-10-6-13(17(24)18(19,20)21)7-11(2)15(10)9-16(23)12-4-3-5-14(8-12)22(25)26;1-5-3-7(4-6(2)8(5)14)9(15)10(11,12)13;8-7(10)5-2-1-3-6(4-5)9(11)12/h3-8,17,24H,9H2,1-2H3;3-4,9,15H,14H2,1-2H3;1-4H. The van der Waals surface area contributed by atoms with Crippen molar-refractivity contribution in [3.05, 3.63) is 143 Å². The molecule has 4 aromatic rings. The number of aryl methyl sites for hydroxylation is 4. The van der Waals surface area contributed by atoms with Crippen LogP contribution in [0.2, 0.25) is 0 Å². The molecule has 0 saturated carbocycles. The number of rotatable bonds is 8. The Bertz CT molecular complexity index is 1930. The van der Waals surface area contributed by atoms with E-state index in [4.69, 9.17) is 22.4 Å². The fourth-order valence-corrected chi connectivity index (χ4v) is 4.92. The van der Waals surface area contributed by atoms with Gasteiger partial charge in [-0.25, -0.2) is 0 Å². The van der Waals surface area contributed by atoms with Gasteiger partial charge in [0.15, 0.2) is 18.0 Å². The van der Waals surface area contributed by atoms with Gasteiger partial charge in [-0.15, -0.1) is 0 Å². The Morgan fingerprint density at radius 1 is 0.698 bits per heavy atom. The van der Waals surface area contributed by atoms with Gasteiger partial charge in [-0.3, -0.25) is 29.8 Å². The summed E-state index contributed by atoms with van der Waals surface area (Å²) in [6.07, 6.45) is -14.6. The van der Waals surface area contributed by atoms with Crippen LogP contribution in [0.3, 0.4) is 0 Å². The first-order valence-corrected chi connectivity index (χ1v) is 15.4. The number of nitro benzene ring substituents is 2. The fourth-order valence-electron chi connectivity index (χ4n) is 4.80. The van der Waals surface area contributed by atoms with Crippen molar-refractivity contribution >= 4 is 39.7 Å². The van der Waals surface area contributed by atoms with Gasteiger partial charge in [0.2, 0.25) is 0 Å². The maximum Gasteiger partial charge on any atom is 0.418 e. The lowest BCUT2D eigenvalue weighted by molar-refractivity contribution is -0.385. The lowest BCUT2D eigenvalue weighted by atomic mass is 9.92. The van der Waals surface area contributed by atoms with Crippen molar-refractivity contribution in [1.82, 2.24) is 0 Å². The molecule has 0 aliphatic rings. The van der Waals surface area contributed by atoms with Crippen molar-refractivity contribution in [3.8, 4) is 0 Å². The number of ketones is 1. The van der Waals surface area contributed by atoms with Crippen LogP contribution in [0, 0.1) is 47.9 Å². The Hall–Kier alpha value is -5.39. The second-order valence-corrected chi connectivity index (χ2v) is 11.9. The van der Waals surface area contributed by atoms with Crippen LogP contribution in [0.25, 0.3) is 0 Å². The zero-order chi connectivity index (χ0) is 40.6. The zero-order valence-corrected chi connectivity index (χ0v) is 29.0. The van der Waals surface area contributed by atoms with Crippen LogP contribution in [-0.4, -0.2) is 43.4 Å². The summed E-state index contributed by atoms with van der Waals surface area (Å²) in [5.74, 6) is -0.385. The minimum absolute atomic E-state index is 0.110. The Kier molecular flexibility index (Phi) is 14.8. The van der Waals surface area contributed by atoms with E-state index in [9.17, 15) is 61.3 Å². The molecule has 0 amide bonds. The van der Waals surface area contributed by atoms with Gasteiger partial charge in [-0.05, 0) is 84.3 Å². The van der Waals surface area contributed by atoms with Crippen LogP contribution in [0.5, 0.6) is 0 Å². The first kappa shape index (κ1) is 43.8. The minimum Gasteiger partial charge on any atom is -0.398 e. The number of hydrogen-bond donors (Lipinski definition) is 3. The second kappa shape index (κ2) is 17.9. The number of nitrogens with zero attached hydrogens (tertiary/aromatic N) is 2. The molecule has 4 rings (SSSR count). The van der Waals surface area contributed by atoms with E-state index in [1.54, 1.807) is 27.7 Å². The number of Topliss-reactive ketones (excluding diaryl/α,β-unsaturated/α-hetero) is 1. The average Bonchev–Trinajstić information content (AvgIpc) is 3.07. The van der Waals surface area contributed by atoms with E-state index in [1.807, 2.05) is 0 Å². The van der Waals surface area contributed by atoms with Crippen molar-refractivity contribution in [2.75, 3.05) is 5.73 Å². The summed E-state index contributed by atoms with van der Waals surface area (Å²) < 4.78 is 74.7. The normalized spacial score (nSPS) is 12.3. The second-order valence-electron chi connectivity index (χ2n) is 11.6. The average molecular weight is 772 g/mol. The summed E-state index contributed by atoms with van der Waals surface area (Å²) in [6.45, 7) is 6.31. The third-order valence-electron chi connectivity index (χ3n) is 7.59. The number of carbonyl (C=O) groups excluding carboxylic acids is 2. The SMILES string of the molecule is Cc1cc(C(O)C(F)(F)F)cc(C)c1CC(=O)c1cccc([N+](=O)[O-])c1.Cc1cc(C(O)C(F)(F)F)cc(C)c1N.O=C(Cl)c1cccc([N+](=O)[O-])c1. The number of nitrogen functional groups attached to an aromatic ring is 1. The number of carbonyl (C=O) groups is 2. The van der Waals surface area contributed by atoms with E-state index in [0.29, 0.717) is 33.5 Å². The molecule has 0 bridgehead atoms. The highest BCUT2D eigenvalue weighted by Crippen LogP contribution is 2.35. The van der Waals surface area contributed by atoms with Crippen molar-refractivity contribution in [2.45, 2.75) is 58.7 Å². The number of benzene rings is 4. The van der Waals surface area contributed by atoms with Gasteiger partial charge in [0.25, 0.3) is 16.6 Å². The van der Waals surface area contributed by atoms with Crippen molar-refractivity contribution in [3.63, 3.8) is 0 Å². The quantitative estimate of drug-likeness (QED) is 0.0393. The van der Waals surface area contributed by atoms with E-state index in [1.165, 1.54) is 60.7 Å². The van der Waals surface area contributed by atoms with Gasteiger partial charge >= 0.3 is 12.4 Å². The third-order valence-corrected chi connectivity index (χ3v) is 7.80. The summed E-state index contributed by atoms with van der Waals surface area (Å²) in [6, 6.07) is 15.4. The third kappa shape index (κ3) is 12.4. The number of aliphatic hydroxyl groups excluding tert-OH is 2. The van der Waals surface area contributed by atoms with E-state index in [0.717, 1.165) is 12.1 Å². The van der Waals surface area contributed by atoms with E-state index < -0.39 is 39.6 Å². The molecule has 0 aliphatic heterocycles. The number of nitro groups is 2. The summed E-state index contributed by atoms with van der Waals surface area (Å²) in [7, 11) is 0. The van der Waals surface area contributed by atoms with Gasteiger partial charge in [0, 0.05) is 47.5 Å². The highest BCUT2D eigenvalue weighted by Gasteiger charge is 2.40. The van der Waals surface area contributed by atoms with Crippen molar-refractivity contribution in [1.29, 1.82) is 0 Å². The predicted molar refractivity (Wildman–Crippen MR) is 183 cm³/mol. The summed E-state index contributed by atoms with van der Waals surface area (Å²) >= 11 is 5.12. The van der Waals surface area contributed by atoms with Crippen LogP contribution in [0.15, 0.2) is 72.8 Å². The topological polar surface area (TPSA) is 187 Å². The van der Waals surface area contributed by atoms with Gasteiger partial charge < -0.3 is 15.9 Å². The number of hydrogen-bond acceptors (Lipinski definition) is 9. The molecule has 0 aromatic heterocycles. The molecule has 4 aromatic carbocycles. The first-order valence-electron chi connectivity index (χ1n) is 15.0. The lowest BCUT2D eigenvalue weighted by Gasteiger charge is -2.18. The zero-order valence-electron chi connectivity index (χ0n) is 28.3. The first-order chi connectivity index (χ1) is 24.3. The largest absolute Gasteiger partial charge is 0.418 e. The number of alkyl halides is 6. The molecule has 18 heteroatoms. The van der Waals surface area contributed by atoms with Gasteiger partial charge in [-0.1, -0.05) is 42.5 Å². The monoisotopic (exact) mass is 771 g/mol. The number of non-ortho nitro benzene ring substituents is 2. The predicted octanol–water partition coefficient (Wildman–Crippen LogP) is 8.69. The number of anilines is 1. The van der Waals surface area contributed by atoms with Gasteiger partial charge in [-0.2, -0.15) is 26.3 Å². The van der Waals surface area contributed by atoms with Crippen LogP contribution >= 0.6 is 11.6 Å². The molecule has 11 nitrogen and oxygen atoms in total. The summed E-state index contributed by atoms with van der Waals surface area (Å²) in [4.78, 5) is 42.8. The van der Waals surface area contributed by atoms with Crippen molar-refractivity contribution < 1.29 is 56.0 Å². The van der Waals surface area contributed by atoms with Gasteiger partial charge in [0.05, 0.1) is 9.85 Å². The molecular weight excluding hydrogens is 740 g/mol. The Morgan fingerprint density at radius 2 is 1.06 bits per heavy atom. The molecule has 0 spiro atoms. The Labute approximate surface area is 302 Å². The van der Waals surface area contributed by atoms with Crippen LogP contribution in [0.4, 0.5) is 43.4 Å². The van der Waals surface area contributed by atoms with E-state index >= 15 is 0 Å². The van der Waals surface area contributed by atoms with Crippen LogP contribution < -0.4 is 5.73 Å². The molecule has 0 aliphatic carbocycles.